The van der Waals surface area contributed by atoms with E-state index in [4.69, 9.17) is 21.1 Å². The number of hydrogen-bond acceptors (Lipinski definition) is 3. The molecule has 0 saturated carbocycles. The zero-order chi connectivity index (χ0) is 16.5. The molecule has 0 aromatic heterocycles. The Balaban J connectivity index is 1.63. The largest absolute Gasteiger partial charge is 0.497 e. The molecule has 0 aliphatic carbocycles. The summed E-state index contributed by atoms with van der Waals surface area (Å²) in [6.07, 6.45) is 1.76. The van der Waals surface area contributed by atoms with Gasteiger partial charge in [0.25, 0.3) is 5.91 Å². The van der Waals surface area contributed by atoms with Crippen LogP contribution in [0.25, 0.3) is 0 Å². The number of para-hydroxylation sites is 1. The first kappa shape index (κ1) is 17.2. The number of nitrogens with one attached hydrogen (secondary N) is 1. The molecular formula is C18H20ClNO3. The molecule has 2 rings (SSSR count). The number of hydrogen-bond donors (Lipinski definition) is 1. The van der Waals surface area contributed by atoms with Gasteiger partial charge in [-0.05, 0) is 42.7 Å². The molecule has 1 N–H and O–H groups in total. The Morgan fingerprint density at radius 2 is 1.87 bits per heavy atom. The van der Waals surface area contributed by atoms with Crippen LogP contribution in [0.3, 0.4) is 0 Å². The minimum absolute atomic E-state index is 0.0354. The van der Waals surface area contributed by atoms with Crippen LogP contribution in [0.1, 0.15) is 12.0 Å². The Labute approximate surface area is 141 Å². The summed E-state index contributed by atoms with van der Waals surface area (Å²) in [7, 11) is 1.65. The molecule has 2 aromatic rings. The molecule has 122 valence electrons. The number of aryl methyl sites for hydroxylation is 1. The quantitative estimate of drug-likeness (QED) is 0.752. The molecule has 1 amide bonds. The van der Waals surface area contributed by atoms with Gasteiger partial charge < -0.3 is 14.8 Å². The lowest BCUT2D eigenvalue weighted by molar-refractivity contribution is -0.123. The van der Waals surface area contributed by atoms with E-state index in [-0.39, 0.29) is 12.5 Å². The molecule has 0 fully saturated rings. The summed E-state index contributed by atoms with van der Waals surface area (Å²) in [5.74, 6) is 1.21. The third-order valence-corrected chi connectivity index (χ3v) is 3.63. The zero-order valence-electron chi connectivity index (χ0n) is 13.0. The standard InChI is InChI=1S/C18H20ClNO3/c1-22-15-10-8-14(9-11-15)5-4-12-20-18(21)13-23-17-7-3-2-6-16(17)19/h2-3,6-11H,4-5,12-13H2,1H3,(H,20,21). The molecule has 0 aliphatic rings. The van der Waals surface area contributed by atoms with Gasteiger partial charge in [-0.15, -0.1) is 0 Å². The second-order valence-electron chi connectivity index (χ2n) is 5.02. The second kappa shape index (κ2) is 9.06. The van der Waals surface area contributed by atoms with Gasteiger partial charge in [-0.3, -0.25) is 4.79 Å². The highest BCUT2D eigenvalue weighted by Crippen LogP contribution is 2.22. The first-order valence-corrected chi connectivity index (χ1v) is 7.84. The van der Waals surface area contributed by atoms with Crippen LogP contribution in [-0.4, -0.2) is 26.2 Å². The van der Waals surface area contributed by atoms with E-state index in [1.807, 2.05) is 36.4 Å². The lowest BCUT2D eigenvalue weighted by atomic mass is 10.1. The molecule has 0 saturated heterocycles. The zero-order valence-corrected chi connectivity index (χ0v) is 13.8. The van der Waals surface area contributed by atoms with E-state index in [0.29, 0.717) is 17.3 Å². The van der Waals surface area contributed by atoms with Crippen LogP contribution in [0.5, 0.6) is 11.5 Å². The Morgan fingerprint density at radius 3 is 2.57 bits per heavy atom. The van der Waals surface area contributed by atoms with Crippen molar-refractivity contribution in [3.63, 3.8) is 0 Å². The Kier molecular flexibility index (Phi) is 6.76. The molecule has 0 bridgehead atoms. The molecule has 4 nitrogen and oxygen atoms in total. The summed E-state index contributed by atoms with van der Waals surface area (Å²) in [4.78, 5) is 11.7. The molecule has 0 atom stereocenters. The van der Waals surface area contributed by atoms with Gasteiger partial charge in [0.05, 0.1) is 12.1 Å². The topological polar surface area (TPSA) is 47.6 Å². The molecule has 0 unspecified atom stereocenters. The lowest BCUT2D eigenvalue weighted by Gasteiger charge is -2.08. The van der Waals surface area contributed by atoms with E-state index >= 15 is 0 Å². The monoisotopic (exact) mass is 333 g/mol. The van der Waals surface area contributed by atoms with Gasteiger partial charge in [0, 0.05) is 6.54 Å². The lowest BCUT2D eigenvalue weighted by Crippen LogP contribution is -2.29. The summed E-state index contributed by atoms with van der Waals surface area (Å²) in [6.45, 7) is 0.572. The number of methoxy groups -OCH3 is 1. The molecular weight excluding hydrogens is 314 g/mol. The summed E-state index contributed by atoms with van der Waals surface area (Å²) in [5.41, 5.74) is 1.22. The maximum Gasteiger partial charge on any atom is 0.257 e. The Bertz CT molecular complexity index is 628. The first-order valence-electron chi connectivity index (χ1n) is 7.46. The van der Waals surface area contributed by atoms with Gasteiger partial charge in [-0.2, -0.15) is 0 Å². The minimum atomic E-state index is -0.153. The highest BCUT2D eigenvalue weighted by molar-refractivity contribution is 6.32. The fraction of sp³-hybridized carbons (Fsp3) is 0.278. The number of amides is 1. The molecule has 23 heavy (non-hydrogen) atoms. The first-order chi connectivity index (χ1) is 11.2. The maximum atomic E-state index is 11.7. The predicted molar refractivity (Wildman–Crippen MR) is 91.3 cm³/mol. The average Bonchev–Trinajstić information content (AvgIpc) is 2.58. The van der Waals surface area contributed by atoms with Gasteiger partial charge >= 0.3 is 0 Å². The van der Waals surface area contributed by atoms with Gasteiger partial charge in [0.2, 0.25) is 0 Å². The van der Waals surface area contributed by atoms with Crippen LogP contribution in [0.4, 0.5) is 0 Å². The third-order valence-electron chi connectivity index (χ3n) is 3.32. The van der Waals surface area contributed by atoms with Crippen molar-refractivity contribution in [1.82, 2.24) is 5.32 Å². The van der Waals surface area contributed by atoms with Crippen LogP contribution in [-0.2, 0) is 11.2 Å². The molecule has 5 heteroatoms. The van der Waals surface area contributed by atoms with Crippen molar-refractivity contribution in [1.29, 1.82) is 0 Å². The number of halogens is 1. The Morgan fingerprint density at radius 1 is 1.13 bits per heavy atom. The third kappa shape index (κ3) is 5.83. The smallest absolute Gasteiger partial charge is 0.257 e. The van der Waals surface area contributed by atoms with E-state index in [1.165, 1.54) is 5.56 Å². The number of ether oxygens (including phenoxy) is 2. The summed E-state index contributed by atoms with van der Waals surface area (Å²) in [5, 5.41) is 3.33. The van der Waals surface area contributed by atoms with E-state index in [9.17, 15) is 4.79 Å². The van der Waals surface area contributed by atoms with Crippen LogP contribution < -0.4 is 14.8 Å². The van der Waals surface area contributed by atoms with Gasteiger partial charge in [0.15, 0.2) is 6.61 Å². The van der Waals surface area contributed by atoms with Crippen molar-refractivity contribution in [3.8, 4) is 11.5 Å². The van der Waals surface area contributed by atoms with Crippen molar-refractivity contribution < 1.29 is 14.3 Å². The summed E-state index contributed by atoms with van der Waals surface area (Å²) < 4.78 is 10.5. The molecule has 0 heterocycles. The van der Waals surface area contributed by atoms with E-state index in [1.54, 1.807) is 19.2 Å². The molecule has 0 spiro atoms. The van der Waals surface area contributed by atoms with E-state index in [0.717, 1.165) is 18.6 Å². The van der Waals surface area contributed by atoms with Crippen molar-refractivity contribution in [2.24, 2.45) is 0 Å². The van der Waals surface area contributed by atoms with Gasteiger partial charge in [0.1, 0.15) is 11.5 Å². The number of carbonyl (C=O) groups is 1. The highest BCUT2D eigenvalue weighted by Gasteiger charge is 2.04. The van der Waals surface area contributed by atoms with Crippen molar-refractivity contribution in [3.05, 3.63) is 59.1 Å². The van der Waals surface area contributed by atoms with Gasteiger partial charge in [-0.25, -0.2) is 0 Å². The highest BCUT2D eigenvalue weighted by atomic mass is 35.5. The van der Waals surface area contributed by atoms with Crippen molar-refractivity contribution in [2.45, 2.75) is 12.8 Å². The van der Waals surface area contributed by atoms with Crippen LogP contribution in [0, 0.1) is 0 Å². The summed E-state index contributed by atoms with van der Waals surface area (Å²) >= 11 is 5.96. The van der Waals surface area contributed by atoms with Gasteiger partial charge in [-0.1, -0.05) is 35.9 Å². The Hall–Kier alpha value is -2.20. The molecule has 0 aliphatic heterocycles. The number of carbonyl (C=O) groups excluding carboxylic acids is 1. The molecule has 2 aromatic carbocycles. The molecule has 0 radical (unpaired) electrons. The number of rotatable bonds is 8. The van der Waals surface area contributed by atoms with E-state index < -0.39 is 0 Å². The fourth-order valence-corrected chi connectivity index (χ4v) is 2.26. The van der Waals surface area contributed by atoms with Crippen LogP contribution in [0.2, 0.25) is 5.02 Å². The van der Waals surface area contributed by atoms with Crippen molar-refractivity contribution in [2.75, 3.05) is 20.3 Å². The maximum absolute atomic E-state index is 11.7. The van der Waals surface area contributed by atoms with Crippen LogP contribution in [0.15, 0.2) is 48.5 Å². The summed E-state index contributed by atoms with van der Waals surface area (Å²) in [6, 6.07) is 15.0. The minimum Gasteiger partial charge on any atom is -0.497 e. The number of benzene rings is 2. The second-order valence-corrected chi connectivity index (χ2v) is 5.43. The average molecular weight is 334 g/mol. The fourth-order valence-electron chi connectivity index (χ4n) is 2.07. The SMILES string of the molecule is COc1ccc(CCCNC(=O)COc2ccccc2Cl)cc1. The predicted octanol–water partition coefficient (Wildman–Crippen LogP) is 3.48. The normalized spacial score (nSPS) is 10.2. The van der Waals surface area contributed by atoms with Crippen LogP contribution >= 0.6 is 11.6 Å². The van der Waals surface area contributed by atoms with Crippen molar-refractivity contribution >= 4 is 17.5 Å². The van der Waals surface area contributed by atoms with E-state index in [2.05, 4.69) is 5.32 Å².